The van der Waals surface area contributed by atoms with Gasteiger partial charge >= 0.3 is 5.97 Å². The Morgan fingerprint density at radius 3 is 2.19 bits per heavy atom. The number of hydrogen-bond donors (Lipinski definition) is 0. The summed E-state index contributed by atoms with van der Waals surface area (Å²) in [5, 5.41) is 2.08. The number of ether oxygens (including phenoxy) is 4. The van der Waals surface area contributed by atoms with Gasteiger partial charge in [0.2, 0.25) is 5.75 Å². The molecule has 1 aromatic heterocycles. The molecule has 0 spiro atoms. The van der Waals surface area contributed by atoms with Crippen molar-refractivity contribution in [2.75, 3.05) is 26.4 Å². The number of rotatable bonds is 10. The van der Waals surface area contributed by atoms with Gasteiger partial charge in [-0.25, -0.2) is 0 Å². The van der Waals surface area contributed by atoms with E-state index in [1.807, 2.05) is 57.2 Å². The van der Waals surface area contributed by atoms with E-state index < -0.39 is 11.9 Å². The highest BCUT2D eigenvalue weighted by molar-refractivity contribution is 7.17. The summed E-state index contributed by atoms with van der Waals surface area (Å²) in [6, 6.07) is 15.1. The molecule has 0 aliphatic rings. The minimum Gasteiger partial charge on any atom is -0.490 e. The van der Waals surface area contributed by atoms with Crippen LogP contribution in [0.5, 0.6) is 17.2 Å². The Bertz CT molecular complexity index is 1480. The second-order valence-electron chi connectivity index (χ2n) is 7.93. The SMILES string of the molecule is CCOC(=O)Cn1c(=NC(=O)c2cc(OCC)c(OCC)c(OCC)c2)sc2c3ccccc3ccc21. The molecule has 0 atom stereocenters. The lowest BCUT2D eigenvalue weighted by molar-refractivity contribution is -0.143. The number of carbonyl (C=O) groups excluding carboxylic acids is 2. The van der Waals surface area contributed by atoms with Crippen LogP contribution in [0.2, 0.25) is 0 Å². The molecule has 0 aliphatic carbocycles. The van der Waals surface area contributed by atoms with Crippen LogP contribution in [0.1, 0.15) is 38.1 Å². The summed E-state index contributed by atoms with van der Waals surface area (Å²) in [4.78, 5) is 30.7. The van der Waals surface area contributed by atoms with Crippen LogP contribution < -0.4 is 19.0 Å². The van der Waals surface area contributed by atoms with E-state index in [1.165, 1.54) is 11.3 Å². The third kappa shape index (κ3) is 5.61. The maximum absolute atomic E-state index is 13.5. The van der Waals surface area contributed by atoms with Crippen molar-refractivity contribution in [2.45, 2.75) is 34.2 Å². The summed E-state index contributed by atoms with van der Waals surface area (Å²) >= 11 is 1.36. The van der Waals surface area contributed by atoms with Crippen molar-refractivity contribution in [1.29, 1.82) is 0 Å². The van der Waals surface area contributed by atoms with Crippen LogP contribution in [0.4, 0.5) is 0 Å². The first-order valence-corrected chi connectivity index (χ1v) is 13.1. The zero-order valence-corrected chi connectivity index (χ0v) is 22.2. The second-order valence-corrected chi connectivity index (χ2v) is 8.91. The number of benzene rings is 3. The minimum absolute atomic E-state index is 0.0596. The van der Waals surface area contributed by atoms with Gasteiger partial charge in [0, 0.05) is 10.9 Å². The minimum atomic E-state index is -0.488. The largest absolute Gasteiger partial charge is 0.490 e. The maximum Gasteiger partial charge on any atom is 0.326 e. The van der Waals surface area contributed by atoms with E-state index in [0.717, 1.165) is 21.0 Å². The first-order chi connectivity index (χ1) is 18.0. The third-order valence-corrected chi connectivity index (χ3v) is 6.65. The van der Waals surface area contributed by atoms with E-state index in [2.05, 4.69) is 4.99 Å². The van der Waals surface area contributed by atoms with Gasteiger partial charge < -0.3 is 23.5 Å². The van der Waals surface area contributed by atoms with Crippen molar-refractivity contribution in [2.24, 2.45) is 4.99 Å². The van der Waals surface area contributed by atoms with E-state index in [1.54, 1.807) is 23.6 Å². The molecular weight excluding hydrogens is 492 g/mol. The monoisotopic (exact) mass is 522 g/mol. The molecule has 0 radical (unpaired) electrons. The number of amides is 1. The number of esters is 1. The number of thiazole rings is 1. The lowest BCUT2D eigenvalue weighted by atomic mass is 10.1. The first kappa shape index (κ1) is 26.2. The molecule has 37 heavy (non-hydrogen) atoms. The summed E-state index contributed by atoms with van der Waals surface area (Å²) in [5.74, 6) is 0.389. The Hall–Kier alpha value is -3.85. The molecule has 0 unspecified atom stereocenters. The molecule has 0 bridgehead atoms. The van der Waals surface area contributed by atoms with E-state index in [0.29, 0.717) is 47.4 Å². The van der Waals surface area contributed by atoms with Gasteiger partial charge in [0.05, 0.1) is 36.6 Å². The fourth-order valence-electron chi connectivity index (χ4n) is 4.04. The number of hydrogen-bond acceptors (Lipinski definition) is 7. The molecule has 0 fully saturated rings. The molecule has 0 saturated carbocycles. The Kier molecular flexibility index (Phi) is 8.45. The summed E-state index contributed by atoms with van der Waals surface area (Å²) in [6.45, 7) is 8.75. The van der Waals surface area contributed by atoms with Crippen LogP contribution in [0.25, 0.3) is 21.0 Å². The van der Waals surface area contributed by atoms with Crippen LogP contribution >= 0.6 is 11.3 Å². The van der Waals surface area contributed by atoms with E-state index in [4.69, 9.17) is 18.9 Å². The number of fused-ring (bicyclic) bond motifs is 3. The van der Waals surface area contributed by atoms with E-state index in [9.17, 15) is 9.59 Å². The molecule has 4 aromatic rings. The lowest BCUT2D eigenvalue weighted by Gasteiger charge is -2.16. The fraction of sp³-hybridized carbons (Fsp3) is 0.321. The van der Waals surface area contributed by atoms with Crippen LogP contribution in [0.15, 0.2) is 53.5 Å². The van der Waals surface area contributed by atoms with Crippen LogP contribution in [-0.4, -0.2) is 42.9 Å². The van der Waals surface area contributed by atoms with Crippen molar-refractivity contribution in [3.05, 3.63) is 58.9 Å². The summed E-state index contributed by atoms with van der Waals surface area (Å²) in [6.07, 6.45) is 0. The molecule has 1 amide bonds. The van der Waals surface area contributed by atoms with Crippen molar-refractivity contribution >= 4 is 44.2 Å². The van der Waals surface area contributed by atoms with Gasteiger partial charge in [0.1, 0.15) is 6.54 Å². The summed E-state index contributed by atoms with van der Waals surface area (Å²) < 4.78 is 25.1. The maximum atomic E-state index is 13.5. The number of nitrogens with zero attached hydrogens (tertiary/aromatic N) is 2. The highest BCUT2D eigenvalue weighted by Crippen LogP contribution is 2.39. The normalized spacial score (nSPS) is 11.6. The second kappa shape index (κ2) is 11.9. The van der Waals surface area contributed by atoms with Crippen LogP contribution in [0, 0.1) is 0 Å². The number of aromatic nitrogens is 1. The standard InChI is InChI=1S/C28H30N2O6S/c1-5-33-22-15-19(16-23(34-6-2)25(22)36-8-4)27(32)29-28-30(17-24(31)35-7-3)21-14-13-18-11-9-10-12-20(18)26(21)37-28/h9-16H,5-8,17H2,1-4H3. The molecule has 8 nitrogen and oxygen atoms in total. The fourth-order valence-corrected chi connectivity index (χ4v) is 5.20. The molecule has 3 aromatic carbocycles. The van der Waals surface area contributed by atoms with Crippen LogP contribution in [0.3, 0.4) is 0 Å². The molecule has 0 saturated heterocycles. The van der Waals surface area contributed by atoms with Gasteiger partial charge in [-0.15, -0.1) is 0 Å². The van der Waals surface area contributed by atoms with Gasteiger partial charge in [-0.1, -0.05) is 41.7 Å². The summed E-state index contributed by atoms with van der Waals surface area (Å²) in [5.41, 5.74) is 1.10. The molecule has 4 rings (SSSR count). The van der Waals surface area contributed by atoms with Crippen molar-refractivity contribution < 1.29 is 28.5 Å². The predicted octanol–water partition coefficient (Wildman–Crippen LogP) is 5.36. The lowest BCUT2D eigenvalue weighted by Crippen LogP contribution is -2.23. The first-order valence-electron chi connectivity index (χ1n) is 12.3. The van der Waals surface area contributed by atoms with Gasteiger partial charge in [-0.2, -0.15) is 4.99 Å². The molecular formula is C28H30N2O6S. The average Bonchev–Trinajstić information content (AvgIpc) is 3.23. The van der Waals surface area contributed by atoms with E-state index >= 15 is 0 Å². The van der Waals surface area contributed by atoms with Crippen molar-refractivity contribution in [1.82, 2.24) is 4.57 Å². The highest BCUT2D eigenvalue weighted by atomic mass is 32.1. The van der Waals surface area contributed by atoms with Crippen molar-refractivity contribution in [3.63, 3.8) is 0 Å². The molecule has 0 N–H and O–H groups in total. The Balaban J connectivity index is 1.88. The summed E-state index contributed by atoms with van der Waals surface area (Å²) in [7, 11) is 0. The average molecular weight is 523 g/mol. The molecule has 9 heteroatoms. The molecule has 0 aliphatic heterocycles. The van der Waals surface area contributed by atoms with Gasteiger partial charge in [0.15, 0.2) is 16.3 Å². The molecule has 194 valence electrons. The Morgan fingerprint density at radius 2 is 1.54 bits per heavy atom. The van der Waals surface area contributed by atoms with Crippen LogP contribution in [-0.2, 0) is 16.1 Å². The predicted molar refractivity (Wildman–Crippen MR) is 144 cm³/mol. The topological polar surface area (TPSA) is 88.4 Å². The third-order valence-electron chi connectivity index (χ3n) is 5.52. The van der Waals surface area contributed by atoms with E-state index in [-0.39, 0.29) is 13.2 Å². The number of carbonyl (C=O) groups is 2. The Morgan fingerprint density at radius 1 is 0.865 bits per heavy atom. The van der Waals surface area contributed by atoms with Gasteiger partial charge in [0.25, 0.3) is 5.91 Å². The Labute approximate surface area is 219 Å². The van der Waals surface area contributed by atoms with Gasteiger partial charge in [-0.05, 0) is 51.3 Å². The van der Waals surface area contributed by atoms with Crippen molar-refractivity contribution in [3.8, 4) is 17.2 Å². The zero-order valence-electron chi connectivity index (χ0n) is 21.4. The zero-order chi connectivity index (χ0) is 26.4. The quantitative estimate of drug-likeness (QED) is 0.261. The smallest absolute Gasteiger partial charge is 0.326 e. The highest BCUT2D eigenvalue weighted by Gasteiger charge is 2.19. The molecule has 1 heterocycles. The van der Waals surface area contributed by atoms with Gasteiger partial charge in [-0.3, -0.25) is 9.59 Å².